The monoisotopic (exact) mass is 531 g/mol. The minimum absolute atomic E-state index is 0.121. The molecule has 40 heavy (non-hydrogen) atoms. The fourth-order valence-corrected chi connectivity index (χ4v) is 5.92. The van der Waals surface area contributed by atoms with E-state index in [1.54, 1.807) is 6.20 Å². The topological polar surface area (TPSA) is 54.6 Å². The summed E-state index contributed by atoms with van der Waals surface area (Å²) in [4.78, 5) is 21.8. The molecule has 0 N–H and O–H groups in total. The van der Waals surface area contributed by atoms with E-state index in [1.165, 1.54) is 12.0 Å². The minimum atomic E-state index is 0.121. The van der Waals surface area contributed by atoms with Crippen LogP contribution in [-0.4, -0.2) is 70.0 Å². The summed E-state index contributed by atoms with van der Waals surface area (Å²) in [5.41, 5.74) is 6.28. The fraction of sp³-hybridized carbons (Fsp3) is 0.375. The summed E-state index contributed by atoms with van der Waals surface area (Å²) in [5.74, 6) is 0.466. The Morgan fingerprint density at radius 1 is 0.975 bits per heavy atom. The number of rotatable bonds is 7. The van der Waals surface area contributed by atoms with Crippen molar-refractivity contribution >= 4 is 11.3 Å². The third kappa shape index (κ3) is 5.42. The zero-order valence-electron chi connectivity index (χ0n) is 22.8. The van der Waals surface area contributed by atoms with Gasteiger partial charge in [-0.25, -0.2) is 16.4 Å². The summed E-state index contributed by atoms with van der Waals surface area (Å²) < 4.78 is 8.33. The van der Waals surface area contributed by atoms with Crippen molar-refractivity contribution in [1.29, 1.82) is 0 Å². The zero-order chi connectivity index (χ0) is 27.5. The van der Waals surface area contributed by atoms with Crippen molar-refractivity contribution < 1.29 is 4.74 Å². The highest BCUT2D eigenvalue weighted by Crippen LogP contribution is 2.37. The molecule has 2 fully saturated rings. The van der Waals surface area contributed by atoms with Crippen LogP contribution in [-0.2, 0) is 6.54 Å². The largest absolute Gasteiger partial charge is 0.464 e. The van der Waals surface area contributed by atoms with Crippen LogP contribution in [0.15, 0.2) is 60.9 Å². The van der Waals surface area contributed by atoms with Crippen LogP contribution >= 0.6 is 0 Å². The molecule has 2 aliphatic rings. The molecule has 0 amide bonds. The Morgan fingerprint density at radius 3 is 2.50 bits per heavy atom. The van der Waals surface area contributed by atoms with Gasteiger partial charge >= 0.3 is 6.01 Å². The normalized spacial score (nSPS) is 19.9. The Balaban J connectivity index is 1.36. The van der Waals surface area contributed by atoms with Crippen molar-refractivity contribution in [3.63, 3.8) is 0 Å². The molecule has 2 aromatic carbocycles. The minimum Gasteiger partial charge on any atom is -0.464 e. The van der Waals surface area contributed by atoms with Crippen molar-refractivity contribution in [3.05, 3.63) is 89.3 Å². The molecule has 0 saturated carbocycles. The first-order valence-electron chi connectivity index (χ1n) is 14.0. The first-order valence-corrected chi connectivity index (χ1v) is 14.0. The van der Waals surface area contributed by atoms with E-state index >= 15 is 0 Å². The number of hydrogen-bond donors (Lipinski definition) is 0. The molecule has 6 rings (SSSR count). The Labute approximate surface area is 235 Å². The van der Waals surface area contributed by atoms with Gasteiger partial charge in [0, 0.05) is 44.4 Å². The van der Waals surface area contributed by atoms with Gasteiger partial charge in [-0.1, -0.05) is 48.5 Å². The van der Waals surface area contributed by atoms with Gasteiger partial charge in [-0.3, -0.25) is 9.30 Å². The summed E-state index contributed by atoms with van der Waals surface area (Å²) in [6.45, 7) is 20.1. The van der Waals surface area contributed by atoms with Gasteiger partial charge < -0.3 is 14.5 Å². The molecule has 0 unspecified atom stereocenters. The van der Waals surface area contributed by atoms with E-state index in [0.717, 1.165) is 73.6 Å². The van der Waals surface area contributed by atoms with Crippen LogP contribution in [0.5, 0.6) is 6.01 Å². The highest BCUT2D eigenvalue weighted by atomic mass is 16.5. The number of imidazole rings is 1. The zero-order valence-corrected chi connectivity index (χ0v) is 22.8. The number of nitrogens with zero attached hydrogens (tertiary/aromatic N) is 7. The predicted molar refractivity (Wildman–Crippen MR) is 156 cm³/mol. The molecule has 202 valence electrons. The molecular formula is C32H33N7O. The van der Waals surface area contributed by atoms with E-state index in [9.17, 15) is 0 Å². The lowest BCUT2D eigenvalue weighted by molar-refractivity contribution is 0.143. The number of ether oxygens (including phenoxy) is 1. The molecule has 8 heteroatoms. The maximum absolute atomic E-state index is 7.36. The van der Waals surface area contributed by atoms with Crippen molar-refractivity contribution in [2.24, 2.45) is 5.92 Å². The van der Waals surface area contributed by atoms with Gasteiger partial charge in [0.25, 0.3) is 0 Å². The summed E-state index contributed by atoms with van der Waals surface area (Å²) in [7, 11) is 2.17. The van der Waals surface area contributed by atoms with Gasteiger partial charge in [-0.15, -0.1) is 0 Å². The molecule has 2 aromatic heterocycles. The molecule has 8 nitrogen and oxygen atoms in total. The highest BCUT2D eigenvalue weighted by Gasteiger charge is 2.26. The lowest BCUT2D eigenvalue weighted by atomic mass is 9.98. The molecular weight excluding hydrogens is 498 g/mol. The number of likely N-dealkylation sites (tertiary alicyclic amines) is 2. The van der Waals surface area contributed by atoms with E-state index in [0.29, 0.717) is 24.2 Å². The standard InChI is InChI=1S/C32H33N7O/c1-33-27-12-10-26(11-13-27)30-29(25-8-6-23(7-9-25)20-38-17-14-28(21-38)34-2)31-35-15-18-39(31)32(36-30)40-22-24-5-4-16-37(3)19-24/h6-13,15,18,24,28H,4-5,14,16-17,19-22H2,3H3/t24-,28+/m1/s1. The average Bonchev–Trinajstić information content (AvgIpc) is 3.66. The third-order valence-corrected chi connectivity index (χ3v) is 8.03. The Bertz CT molecular complexity index is 1560. The number of piperidine rings is 1. The van der Waals surface area contributed by atoms with Gasteiger partial charge in [0.2, 0.25) is 6.04 Å². The van der Waals surface area contributed by atoms with Gasteiger partial charge in [-0.05, 0) is 43.1 Å². The van der Waals surface area contributed by atoms with Gasteiger partial charge in [0.05, 0.1) is 31.0 Å². The molecule has 0 aliphatic carbocycles. The van der Waals surface area contributed by atoms with E-state index < -0.39 is 0 Å². The van der Waals surface area contributed by atoms with Crippen LogP contribution < -0.4 is 4.74 Å². The average molecular weight is 532 g/mol. The van der Waals surface area contributed by atoms with Gasteiger partial charge in [-0.2, -0.15) is 4.98 Å². The number of benzene rings is 2. The van der Waals surface area contributed by atoms with E-state index in [-0.39, 0.29) is 6.04 Å². The van der Waals surface area contributed by atoms with Crippen LogP contribution in [0.1, 0.15) is 24.8 Å². The van der Waals surface area contributed by atoms with Crippen LogP contribution in [0.4, 0.5) is 5.69 Å². The van der Waals surface area contributed by atoms with Crippen molar-refractivity contribution in [2.75, 3.05) is 39.8 Å². The summed E-state index contributed by atoms with van der Waals surface area (Å²) in [6, 6.07) is 16.8. The quantitative estimate of drug-likeness (QED) is 0.281. The van der Waals surface area contributed by atoms with Gasteiger partial charge in [0.1, 0.15) is 0 Å². The number of aromatic nitrogens is 3. The van der Waals surface area contributed by atoms with E-state index in [4.69, 9.17) is 27.8 Å². The van der Waals surface area contributed by atoms with Crippen LogP contribution in [0.25, 0.3) is 37.7 Å². The number of hydrogen-bond acceptors (Lipinski definition) is 5. The maximum Gasteiger partial charge on any atom is 0.302 e. The van der Waals surface area contributed by atoms with Crippen LogP contribution in [0, 0.1) is 19.1 Å². The molecule has 4 aromatic rings. The second-order valence-electron chi connectivity index (χ2n) is 11.0. The molecule has 2 saturated heterocycles. The van der Waals surface area contributed by atoms with Gasteiger partial charge in [0.15, 0.2) is 11.3 Å². The lowest BCUT2D eigenvalue weighted by Crippen LogP contribution is -2.35. The Kier molecular flexibility index (Phi) is 7.46. The molecule has 0 radical (unpaired) electrons. The highest BCUT2D eigenvalue weighted by molar-refractivity contribution is 5.90. The molecule has 0 spiro atoms. The van der Waals surface area contributed by atoms with Crippen molar-refractivity contribution in [2.45, 2.75) is 31.8 Å². The van der Waals surface area contributed by atoms with E-state index in [1.807, 2.05) is 34.9 Å². The SMILES string of the molecule is [C-]#[N+]c1ccc(-c2nc(OC[C@@H]3CCCN(C)C3)n3ccnc3c2-c2ccc(CN3CC[C@H]([N+]#[C-])C3)cc2)cc1. The van der Waals surface area contributed by atoms with E-state index in [2.05, 4.69) is 50.8 Å². The maximum atomic E-state index is 7.36. The smallest absolute Gasteiger partial charge is 0.302 e. The molecule has 2 aliphatic heterocycles. The molecule has 2 atom stereocenters. The molecule has 4 heterocycles. The molecule has 0 bridgehead atoms. The number of fused-ring (bicyclic) bond motifs is 1. The van der Waals surface area contributed by atoms with Crippen molar-refractivity contribution in [3.8, 4) is 28.4 Å². The Hall–Kier alpha value is -4.24. The predicted octanol–water partition coefficient (Wildman–Crippen LogP) is 5.83. The first kappa shape index (κ1) is 26.0. The summed E-state index contributed by atoms with van der Waals surface area (Å²) in [5, 5.41) is 0. The second-order valence-corrected chi connectivity index (χ2v) is 11.0. The Morgan fingerprint density at radius 2 is 1.77 bits per heavy atom. The fourth-order valence-electron chi connectivity index (χ4n) is 5.92. The first-order chi connectivity index (χ1) is 19.6. The lowest BCUT2D eigenvalue weighted by Gasteiger charge is -2.29. The summed E-state index contributed by atoms with van der Waals surface area (Å²) >= 11 is 0. The van der Waals surface area contributed by atoms with Crippen LogP contribution in [0.3, 0.4) is 0 Å². The van der Waals surface area contributed by atoms with Crippen molar-refractivity contribution in [1.82, 2.24) is 24.2 Å². The summed E-state index contributed by atoms with van der Waals surface area (Å²) in [6.07, 6.45) is 7.00. The third-order valence-electron chi connectivity index (χ3n) is 8.03. The second kappa shape index (κ2) is 11.5. The van der Waals surface area contributed by atoms with Crippen LogP contribution in [0.2, 0.25) is 0 Å².